The van der Waals surface area contributed by atoms with Gasteiger partial charge in [-0.15, -0.1) is 0 Å². The molecule has 3 N–H and O–H groups in total. The Hall–Kier alpha value is -4.96. The van der Waals surface area contributed by atoms with Gasteiger partial charge in [0.25, 0.3) is 5.91 Å². The molecule has 0 radical (unpaired) electrons. The van der Waals surface area contributed by atoms with E-state index in [2.05, 4.69) is 39.9 Å². The molecule has 0 fully saturated rings. The molecule has 1 aromatic heterocycles. The molecule has 2 amide bonds. The summed E-state index contributed by atoms with van der Waals surface area (Å²) in [5.74, 6) is -1.88. The molecule has 0 saturated carbocycles. The Labute approximate surface area is 243 Å². The Morgan fingerprint density at radius 3 is 2.26 bits per heavy atom. The number of carbonyl (C=O) groups excluding carboxylic acids is 2. The number of benzene rings is 3. The minimum atomic E-state index is -1.26. The van der Waals surface area contributed by atoms with Crippen molar-refractivity contribution in [1.29, 1.82) is 0 Å². The van der Waals surface area contributed by atoms with E-state index < -0.39 is 30.1 Å². The summed E-state index contributed by atoms with van der Waals surface area (Å²) in [6.07, 6.45) is 1.61. The number of nitrogens with one attached hydrogen (secondary N) is 2. The van der Waals surface area contributed by atoms with Crippen LogP contribution in [0.1, 0.15) is 40.0 Å². The molecule has 1 aliphatic carbocycles. The molecule has 3 aromatic carbocycles. The first-order valence-electron chi connectivity index (χ1n) is 13.7. The zero-order chi connectivity index (χ0) is 29.5. The first-order valence-corrected chi connectivity index (χ1v) is 13.7. The van der Waals surface area contributed by atoms with Gasteiger partial charge in [-0.25, -0.2) is 14.6 Å². The SMILES string of the molecule is C[C@H](OCc1ccccc1)[C@@H](NC(=O)c1cn(CCNC(=O)OCC2c3ccccc3-c3ccccc32)cn1)C(=O)O. The van der Waals surface area contributed by atoms with E-state index in [9.17, 15) is 19.5 Å². The molecule has 0 saturated heterocycles. The quantitative estimate of drug-likeness (QED) is 0.233. The number of aliphatic carboxylic acids is 1. The monoisotopic (exact) mass is 568 g/mol. The van der Waals surface area contributed by atoms with Crippen molar-refractivity contribution < 1.29 is 29.0 Å². The van der Waals surface area contributed by atoms with Crippen LogP contribution in [0.3, 0.4) is 0 Å². The van der Waals surface area contributed by atoms with Gasteiger partial charge in [-0.2, -0.15) is 0 Å². The number of alkyl carbamates (subject to hydrolysis) is 1. The van der Waals surface area contributed by atoms with Gasteiger partial charge in [0.2, 0.25) is 0 Å². The van der Waals surface area contributed by atoms with Crippen LogP contribution in [-0.2, 0) is 27.4 Å². The number of carbonyl (C=O) groups is 3. The number of carboxylic acid groups (broad SMARTS) is 1. The average molecular weight is 569 g/mol. The van der Waals surface area contributed by atoms with Crippen LogP contribution in [-0.4, -0.2) is 57.9 Å². The average Bonchev–Trinajstić information content (AvgIpc) is 3.61. The maximum Gasteiger partial charge on any atom is 0.407 e. The summed E-state index contributed by atoms with van der Waals surface area (Å²) in [4.78, 5) is 41.1. The number of carboxylic acids is 1. The van der Waals surface area contributed by atoms with Gasteiger partial charge in [0.15, 0.2) is 6.04 Å². The normalized spacial score (nSPS) is 13.5. The van der Waals surface area contributed by atoms with Crippen molar-refractivity contribution in [3.63, 3.8) is 0 Å². The molecule has 1 heterocycles. The maximum absolute atomic E-state index is 12.7. The van der Waals surface area contributed by atoms with E-state index in [1.807, 2.05) is 54.6 Å². The number of rotatable bonds is 12. The molecular formula is C32H32N4O6. The number of amides is 2. The Balaban J connectivity index is 1.08. The van der Waals surface area contributed by atoms with E-state index in [1.54, 1.807) is 11.5 Å². The number of hydrogen-bond acceptors (Lipinski definition) is 6. The molecule has 2 atom stereocenters. The first kappa shape index (κ1) is 28.6. The molecule has 1 aliphatic rings. The van der Waals surface area contributed by atoms with Crippen molar-refractivity contribution in [1.82, 2.24) is 20.2 Å². The van der Waals surface area contributed by atoms with Gasteiger partial charge in [-0.3, -0.25) is 4.79 Å². The van der Waals surface area contributed by atoms with Gasteiger partial charge >= 0.3 is 12.1 Å². The molecule has 0 unspecified atom stereocenters. The van der Waals surface area contributed by atoms with Crippen LogP contribution >= 0.6 is 0 Å². The summed E-state index contributed by atoms with van der Waals surface area (Å²) in [5.41, 5.74) is 5.54. The number of imidazole rings is 1. The molecular weight excluding hydrogens is 536 g/mol. The summed E-state index contributed by atoms with van der Waals surface area (Å²) >= 11 is 0. The van der Waals surface area contributed by atoms with Crippen molar-refractivity contribution in [3.8, 4) is 11.1 Å². The molecule has 5 rings (SSSR count). The van der Waals surface area contributed by atoms with Gasteiger partial charge in [-0.05, 0) is 34.7 Å². The highest BCUT2D eigenvalue weighted by atomic mass is 16.5. The second-order valence-corrected chi connectivity index (χ2v) is 10.0. The summed E-state index contributed by atoms with van der Waals surface area (Å²) in [6, 6.07) is 24.3. The summed E-state index contributed by atoms with van der Waals surface area (Å²) in [5, 5.41) is 14.9. The van der Waals surface area contributed by atoms with Crippen LogP contribution in [0.5, 0.6) is 0 Å². The lowest BCUT2D eigenvalue weighted by Crippen LogP contribution is -2.48. The number of ether oxygens (including phenoxy) is 2. The topological polar surface area (TPSA) is 132 Å². The number of fused-ring (bicyclic) bond motifs is 3. The third-order valence-corrected chi connectivity index (χ3v) is 7.23. The van der Waals surface area contributed by atoms with Gasteiger partial charge in [-0.1, -0.05) is 78.9 Å². The van der Waals surface area contributed by atoms with E-state index in [1.165, 1.54) is 12.5 Å². The van der Waals surface area contributed by atoms with Gasteiger partial charge in [0.05, 0.1) is 19.0 Å². The van der Waals surface area contributed by atoms with Crippen molar-refractivity contribution >= 4 is 18.0 Å². The summed E-state index contributed by atoms with van der Waals surface area (Å²) in [7, 11) is 0. The fraction of sp³-hybridized carbons (Fsp3) is 0.250. The third kappa shape index (κ3) is 6.67. The molecule has 10 heteroatoms. The zero-order valence-corrected chi connectivity index (χ0v) is 23.1. The molecule has 0 aliphatic heterocycles. The Bertz CT molecular complexity index is 1510. The van der Waals surface area contributed by atoms with E-state index in [0.29, 0.717) is 6.54 Å². The number of hydrogen-bond donors (Lipinski definition) is 3. The molecule has 10 nitrogen and oxygen atoms in total. The first-order chi connectivity index (χ1) is 20.4. The van der Waals surface area contributed by atoms with Crippen LogP contribution in [0.15, 0.2) is 91.4 Å². The van der Waals surface area contributed by atoms with Crippen LogP contribution < -0.4 is 10.6 Å². The second-order valence-electron chi connectivity index (χ2n) is 10.0. The summed E-state index contributed by atoms with van der Waals surface area (Å²) in [6.45, 7) is 2.61. The number of nitrogens with zero attached hydrogens (tertiary/aromatic N) is 2. The lowest BCUT2D eigenvalue weighted by Gasteiger charge is -2.21. The lowest BCUT2D eigenvalue weighted by molar-refractivity contribution is -0.143. The minimum absolute atomic E-state index is 0.0287. The highest BCUT2D eigenvalue weighted by molar-refractivity contribution is 5.95. The highest BCUT2D eigenvalue weighted by Gasteiger charge is 2.30. The molecule has 4 aromatic rings. The maximum atomic E-state index is 12.7. The summed E-state index contributed by atoms with van der Waals surface area (Å²) < 4.78 is 12.9. The zero-order valence-electron chi connectivity index (χ0n) is 23.1. The van der Waals surface area contributed by atoms with E-state index >= 15 is 0 Å². The van der Waals surface area contributed by atoms with E-state index in [4.69, 9.17) is 9.47 Å². The van der Waals surface area contributed by atoms with Crippen LogP contribution in [0.4, 0.5) is 4.79 Å². The fourth-order valence-electron chi connectivity index (χ4n) is 5.03. The molecule has 42 heavy (non-hydrogen) atoms. The van der Waals surface area contributed by atoms with Crippen molar-refractivity contribution in [2.45, 2.75) is 38.1 Å². The van der Waals surface area contributed by atoms with Crippen LogP contribution in [0.25, 0.3) is 11.1 Å². The van der Waals surface area contributed by atoms with Gasteiger partial charge < -0.3 is 29.8 Å². The van der Waals surface area contributed by atoms with Gasteiger partial charge in [0, 0.05) is 25.2 Å². The van der Waals surface area contributed by atoms with Crippen LogP contribution in [0, 0.1) is 0 Å². The molecule has 0 spiro atoms. The standard InChI is InChI=1S/C32H32N4O6/c1-21(41-18-22-9-3-2-4-10-22)29(31(38)39)35-30(37)28-17-36(20-34-28)16-15-33-32(40)42-19-27-25-13-7-5-11-23(25)24-12-6-8-14-26(24)27/h2-14,17,20-21,27,29H,15-16,18-19H2,1H3,(H,33,40)(H,35,37)(H,38,39)/t21-,29+/m0/s1. The van der Waals surface area contributed by atoms with Crippen molar-refractivity contribution in [2.75, 3.05) is 13.2 Å². The predicted molar refractivity (Wildman–Crippen MR) is 155 cm³/mol. The van der Waals surface area contributed by atoms with Crippen molar-refractivity contribution in [3.05, 3.63) is 114 Å². The molecule has 0 bridgehead atoms. The Kier molecular flexibility index (Phi) is 8.93. The van der Waals surface area contributed by atoms with Crippen LogP contribution in [0.2, 0.25) is 0 Å². The molecule has 216 valence electrons. The fourth-order valence-corrected chi connectivity index (χ4v) is 5.03. The smallest absolute Gasteiger partial charge is 0.407 e. The van der Waals surface area contributed by atoms with Gasteiger partial charge in [0.1, 0.15) is 12.3 Å². The minimum Gasteiger partial charge on any atom is -0.480 e. The van der Waals surface area contributed by atoms with Crippen molar-refractivity contribution in [2.24, 2.45) is 0 Å². The number of aromatic nitrogens is 2. The Morgan fingerprint density at radius 2 is 1.60 bits per heavy atom. The largest absolute Gasteiger partial charge is 0.480 e. The highest BCUT2D eigenvalue weighted by Crippen LogP contribution is 2.44. The second kappa shape index (κ2) is 13.1. The lowest BCUT2D eigenvalue weighted by atomic mass is 9.98. The van der Waals surface area contributed by atoms with E-state index in [-0.39, 0.29) is 31.4 Å². The van der Waals surface area contributed by atoms with E-state index in [0.717, 1.165) is 27.8 Å². The predicted octanol–water partition coefficient (Wildman–Crippen LogP) is 4.21. The third-order valence-electron chi connectivity index (χ3n) is 7.23. The Morgan fingerprint density at radius 1 is 0.952 bits per heavy atom.